The first kappa shape index (κ1) is 15.8. The van der Waals surface area contributed by atoms with Gasteiger partial charge in [-0.15, -0.1) is 11.6 Å². The summed E-state index contributed by atoms with van der Waals surface area (Å²) in [7, 11) is -3.43. The van der Waals surface area contributed by atoms with E-state index in [1.807, 2.05) is 26.0 Å². The van der Waals surface area contributed by atoms with E-state index in [0.29, 0.717) is 23.2 Å². The van der Waals surface area contributed by atoms with Gasteiger partial charge in [0.2, 0.25) is 10.0 Å². The molecule has 0 bridgehead atoms. The Kier molecular flexibility index (Phi) is 4.77. The lowest BCUT2D eigenvalue weighted by Crippen LogP contribution is -2.45. The van der Waals surface area contributed by atoms with Gasteiger partial charge in [-0.25, -0.2) is 8.42 Å². The molecule has 1 aromatic carbocycles. The molecule has 2 atom stereocenters. The molecule has 20 heavy (non-hydrogen) atoms. The Morgan fingerprint density at radius 3 is 2.65 bits per heavy atom. The second-order valence-corrected chi connectivity index (χ2v) is 7.97. The SMILES string of the molecule is Cc1ccc(CCl)cc1S(=O)(=O)N1CC(C)CCC1C. The number of aryl methyl sites for hydroxylation is 1. The van der Waals surface area contributed by atoms with E-state index in [2.05, 4.69) is 6.92 Å². The van der Waals surface area contributed by atoms with E-state index in [9.17, 15) is 8.42 Å². The van der Waals surface area contributed by atoms with Gasteiger partial charge in [0.1, 0.15) is 0 Å². The Labute approximate surface area is 127 Å². The third-order valence-electron chi connectivity index (χ3n) is 4.05. The van der Waals surface area contributed by atoms with E-state index in [1.165, 1.54) is 0 Å². The van der Waals surface area contributed by atoms with Crippen LogP contribution in [-0.4, -0.2) is 25.3 Å². The van der Waals surface area contributed by atoms with Crippen LogP contribution in [0.4, 0.5) is 0 Å². The maximum atomic E-state index is 12.9. The second kappa shape index (κ2) is 6.04. The highest BCUT2D eigenvalue weighted by Gasteiger charge is 2.34. The lowest BCUT2D eigenvalue weighted by atomic mass is 9.97. The van der Waals surface area contributed by atoms with Gasteiger partial charge in [0.05, 0.1) is 4.90 Å². The van der Waals surface area contributed by atoms with Crippen LogP contribution in [-0.2, 0) is 15.9 Å². The van der Waals surface area contributed by atoms with Gasteiger partial charge in [0, 0.05) is 18.5 Å². The van der Waals surface area contributed by atoms with E-state index in [-0.39, 0.29) is 6.04 Å². The standard InChI is InChI=1S/C15H22ClNO2S/c1-11-4-6-13(3)17(10-11)20(18,19)15-8-14(9-16)7-5-12(15)2/h5,7-8,11,13H,4,6,9-10H2,1-3H3. The molecule has 1 heterocycles. The van der Waals surface area contributed by atoms with Crippen molar-refractivity contribution in [2.45, 2.75) is 50.4 Å². The van der Waals surface area contributed by atoms with Gasteiger partial charge in [0.25, 0.3) is 0 Å². The summed E-state index contributed by atoms with van der Waals surface area (Å²) in [5.74, 6) is 0.742. The fourth-order valence-corrected chi connectivity index (χ4v) is 4.94. The summed E-state index contributed by atoms with van der Waals surface area (Å²) in [5.41, 5.74) is 1.62. The molecule has 1 fully saturated rings. The van der Waals surface area contributed by atoms with Crippen molar-refractivity contribution in [2.75, 3.05) is 6.54 Å². The van der Waals surface area contributed by atoms with E-state index in [4.69, 9.17) is 11.6 Å². The zero-order chi connectivity index (χ0) is 14.9. The van der Waals surface area contributed by atoms with Crippen LogP contribution in [0.2, 0.25) is 0 Å². The topological polar surface area (TPSA) is 37.4 Å². The molecule has 112 valence electrons. The van der Waals surface area contributed by atoms with Gasteiger partial charge in [0.15, 0.2) is 0 Å². The van der Waals surface area contributed by atoms with E-state index in [1.54, 1.807) is 10.4 Å². The number of hydrogen-bond donors (Lipinski definition) is 0. The van der Waals surface area contributed by atoms with Crippen LogP contribution >= 0.6 is 11.6 Å². The molecular weight excluding hydrogens is 294 g/mol. The third-order valence-corrected chi connectivity index (χ3v) is 6.48. The Hall–Kier alpha value is -0.580. The average Bonchev–Trinajstić information content (AvgIpc) is 2.41. The van der Waals surface area contributed by atoms with Crippen molar-refractivity contribution in [2.24, 2.45) is 5.92 Å². The molecule has 0 N–H and O–H groups in total. The maximum absolute atomic E-state index is 12.9. The van der Waals surface area contributed by atoms with Crippen LogP contribution in [0.1, 0.15) is 37.8 Å². The molecule has 2 unspecified atom stereocenters. The van der Waals surface area contributed by atoms with Crippen LogP contribution in [0.15, 0.2) is 23.1 Å². The summed E-state index contributed by atoms with van der Waals surface area (Å²) in [6.07, 6.45) is 2.02. The summed E-state index contributed by atoms with van der Waals surface area (Å²) >= 11 is 5.83. The molecule has 1 aliphatic rings. The summed E-state index contributed by atoms with van der Waals surface area (Å²) in [6, 6.07) is 5.49. The van der Waals surface area contributed by atoms with Gasteiger partial charge in [-0.1, -0.05) is 19.1 Å². The van der Waals surface area contributed by atoms with Crippen LogP contribution < -0.4 is 0 Å². The molecule has 1 saturated heterocycles. The highest BCUT2D eigenvalue weighted by Crippen LogP contribution is 2.29. The Balaban J connectivity index is 2.43. The maximum Gasteiger partial charge on any atom is 0.243 e. The number of rotatable bonds is 3. The van der Waals surface area contributed by atoms with Gasteiger partial charge in [-0.2, -0.15) is 4.31 Å². The number of benzene rings is 1. The van der Waals surface area contributed by atoms with Crippen molar-refractivity contribution < 1.29 is 8.42 Å². The zero-order valence-electron chi connectivity index (χ0n) is 12.3. The quantitative estimate of drug-likeness (QED) is 0.800. The molecule has 1 aliphatic heterocycles. The normalized spacial score (nSPS) is 24.8. The van der Waals surface area contributed by atoms with Crippen molar-refractivity contribution in [1.29, 1.82) is 0 Å². The van der Waals surface area contributed by atoms with Crippen LogP contribution in [0.3, 0.4) is 0 Å². The molecule has 5 heteroatoms. The van der Waals surface area contributed by atoms with Crippen LogP contribution in [0.5, 0.6) is 0 Å². The van der Waals surface area contributed by atoms with Crippen molar-refractivity contribution in [3.8, 4) is 0 Å². The largest absolute Gasteiger partial charge is 0.243 e. The number of alkyl halides is 1. The minimum absolute atomic E-state index is 0.0651. The first-order valence-corrected chi connectivity index (χ1v) is 9.01. The first-order chi connectivity index (χ1) is 9.36. The lowest BCUT2D eigenvalue weighted by molar-refractivity contribution is 0.218. The van der Waals surface area contributed by atoms with E-state index >= 15 is 0 Å². The van der Waals surface area contributed by atoms with E-state index in [0.717, 1.165) is 24.0 Å². The Bertz CT molecular complexity index is 586. The molecule has 0 spiro atoms. The first-order valence-electron chi connectivity index (χ1n) is 7.03. The van der Waals surface area contributed by atoms with Crippen molar-refractivity contribution >= 4 is 21.6 Å². The molecule has 0 radical (unpaired) electrons. The summed E-state index contributed by atoms with van der Waals surface area (Å²) in [5, 5.41) is 0. The smallest absolute Gasteiger partial charge is 0.207 e. The molecule has 2 rings (SSSR count). The summed E-state index contributed by atoms with van der Waals surface area (Å²) in [4.78, 5) is 0.400. The number of nitrogens with zero attached hydrogens (tertiary/aromatic N) is 1. The highest BCUT2D eigenvalue weighted by molar-refractivity contribution is 7.89. The molecule has 3 nitrogen and oxygen atoms in total. The summed E-state index contributed by atoms with van der Waals surface area (Å²) in [6.45, 7) is 6.54. The van der Waals surface area contributed by atoms with Crippen LogP contribution in [0.25, 0.3) is 0 Å². The fraction of sp³-hybridized carbons (Fsp3) is 0.600. The Morgan fingerprint density at radius 2 is 2.00 bits per heavy atom. The Morgan fingerprint density at radius 1 is 1.30 bits per heavy atom. The molecule has 0 saturated carbocycles. The van der Waals surface area contributed by atoms with Crippen molar-refractivity contribution in [3.63, 3.8) is 0 Å². The highest BCUT2D eigenvalue weighted by atomic mass is 35.5. The van der Waals surface area contributed by atoms with Crippen molar-refractivity contribution in [1.82, 2.24) is 4.31 Å². The number of halogens is 1. The second-order valence-electron chi connectivity index (χ2n) is 5.84. The molecule has 0 aliphatic carbocycles. The van der Waals surface area contributed by atoms with Gasteiger partial charge in [-0.05, 0) is 49.8 Å². The predicted octanol–water partition coefficient (Wildman–Crippen LogP) is 3.54. The monoisotopic (exact) mass is 315 g/mol. The third kappa shape index (κ3) is 3.02. The van der Waals surface area contributed by atoms with Gasteiger partial charge < -0.3 is 0 Å². The van der Waals surface area contributed by atoms with Gasteiger partial charge >= 0.3 is 0 Å². The molecule has 1 aromatic rings. The van der Waals surface area contributed by atoms with E-state index < -0.39 is 10.0 Å². The van der Waals surface area contributed by atoms with Crippen LogP contribution in [0, 0.1) is 12.8 Å². The lowest BCUT2D eigenvalue weighted by Gasteiger charge is -2.36. The minimum Gasteiger partial charge on any atom is -0.207 e. The number of piperidine rings is 1. The zero-order valence-corrected chi connectivity index (χ0v) is 13.8. The van der Waals surface area contributed by atoms with Crippen molar-refractivity contribution in [3.05, 3.63) is 29.3 Å². The molecule has 0 aromatic heterocycles. The summed E-state index contributed by atoms with van der Waals surface area (Å²) < 4.78 is 27.5. The molecule has 0 amide bonds. The minimum atomic E-state index is -3.43. The predicted molar refractivity (Wildman–Crippen MR) is 82.5 cm³/mol. The fourth-order valence-electron chi connectivity index (χ4n) is 2.72. The molecular formula is C15H22ClNO2S. The average molecular weight is 316 g/mol. The number of hydrogen-bond acceptors (Lipinski definition) is 2. The number of sulfonamides is 1. The van der Waals surface area contributed by atoms with Gasteiger partial charge in [-0.3, -0.25) is 0 Å².